The molecule has 5 nitrogen and oxygen atoms in total. The largest absolute Gasteiger partial charge is 0.351 e. The van der Waals surface area contributed by atoms with E-state index in [1.54, 1.807) is 6.20 Å². The molecule has 2 heterocycles. The number of carbonyl (C=O) groups is 1. The first-order valence-electron chi connectivity index (χ1n) is 5.67. The van der Waals surface area contributed by atoms with Crippen LogP contribution in [0.3, 0.4) is 0 Å². The average Bonchev–Trinajstić information content (AvgIpc) is 2.80. The maximum atomic E-state index is 11.7. The Morgan fingerprint density at radius 1 is 1.69 bits per heavy atom. The molecule has 16 heavy (non-hydrogen) atoms. The lowest BCUT2D eigenvalue weighted by Gasteiger charge is -2.34. The van der Waals surface area contributed by atoms with E-state index in [1.807, 2.05) is 0 Å². The Morgan fingerprint density at radius 3 is 3.19 bits per heavy atom. The molecule has 0 aliphatic carbocycles. The Hall–Kier alpha value is -1.36. The van der Waals surface area contributed by atoms with E-state index in [-0.39, 0.29) is 11.3 Å². The molecule has 5 heteroatoms. The SMILES string of the molecule is CC1(CNC(=O)c2cn[nH]c2)CCCNC1. The Morgan fingerprint density at radius 2 is 2.56 bits per heavy atom. The van der Waals surface area contributed by atoms with E-state index < -0.39 is 0 Å². The van der Waals surface area contributed by atoms with Gasteiger partial charge in [0.15, 0.2) is 0 Å². The zero-order valence-corrected chi connectivity index (χ0v) is 9.55. The second kappa shape index (κ2) is 4.65. The summed E-state index contributed by atoms with van der Waals surface area (Å²) in [6, 6.07) is 0. The predicted octanol–water partition coefficient (Wildman–Crippen LogP) is 0.529. The van der Waals surface area contributed by atoms with Crippen LogP contribution in [0.1, 0.15) is 30.1 Å². The minimum Gasteiger partial charge on any atom is -0.351 e. The smallest absolute Gasteiger partial charge is 0.254 e. The topological polar surface area (TPSA) is 69.8 Å². The normalized spacial score (nSPS) is 25.3. The van der Waals surface area contributed by atoms with Gasteiger partial charge in [-0.15, -0.1) is 0 Å². The van der Waals surface area contributed by atoms with Crippen molar-refractivity contribution in [1.29, 1.82) is 0 Å². The van der Waals surface area contributed by atoms with E-state index in [0.717, 1.165) is 19.5 Å². The summed E-state index contributed by atoms with van der Waals surface area (Å²) in [5.41, 5.74) is 0.768. The van der Waals surface area contributed by atoms with Crippen LogP contribution in [-0.2, 0) is 0 Å². The first kappa shape index (κ1) is 11.1. The van der Waals surface area contributed by atoms with Gasteiger partial charge in [0.1, 0.15) is 0 Å². The molecule has 1 unspecified atom stereocenters. The van der Waals surface area contributed by atoms with Crippen molar-refractivity contribution in [3.8, 4) is 0 Å². The fraction of sp³-hybridized carbons (Fsp3) is 0.636. The van der Waals surface area contributed by atoms with Gasteiger partial charge in [-0.25, -0.2) is 0 Å². The minimum absolute atomic E-state index is 0.0550. The highest BCUT2D eigenvalue weighted by molar-refractivity contribution is 5.93. The van der Waals surface area contributed by atoms with Crippen molar-refractivity contribution in [1.82, 2.24) is 20.8 Å². The number of piperidine rings is 1. The van der Waals surface area contributed by atoms with Crippen molar-refractivity contribution in [3.05, 3.63) is 18.0 Å². The van der Waals surface area contributed by atoms with Gasteiger partial charge in [0.25, 0.3) is 5.91 Å². The van der Waals surface area contributed by atoms with Crippen LogP contribution >= 0.6 is 0 Å². The third kappa shape index (κ3) is 2.61. The van der Waals surface area contributed by atoms with E-state index in [4.69, 9.17) is 0 Å². The van der Waals surface area contributed by atoms with E-state index >= 15 is 0 Å². The van der Waals surface area contributed by atoms with Gasteiger partial charge in [0.05, 0.1) is 11.8 Å². The number of rotatable bonds is 3. The summed E-state index contributed by atoms with van der Waals surface area (Å²) in [6.45, 7) is 4.97. The van der Waals surface area contributed by atoms with Crippen LogP contribution < -0.4 is 10.6 Å². The number of carbonyl (C=O) groups excluding carboxylic acids is 1. The van der Waals surface area contributed by atoms with Crippen molar-refractivity contribution in [2.75, 3.05) is 19.6 Å². The highest BCUT2D eigenvalue weighted by Gasteiger charge is 2.27. The van der Waals surface area contributed by atoms with Crippen molar-refractivity contribution < 1.29 is 4.79 Å². The Balaban J connectivity index is 1.84. The van der Waals surface area contributed by atoms with E-state index in [2.05, 4.69) is 27.8 Å². The molecule has 0 spiro atoms. The molecule has 1 fully saturated rings. The van der Waals surface area contributed by atoms with Crippen LogP contribution in [0.15, 0.2) is 12.4 Å². The van der Waals surface area contributed by atoms with Gasteiger partial charge in [-0.1, -0.05) is 6.92 Å². The zero-order valence-electron chi connectivity index (χ0n) is 9.55. The number of aromatic nitrogens is 2. The van der Waals surface area contributed by atoms with Crippen molar-refractivity contribution in [2.45, 2.75) is 19.8 Å². The van der Waals surface area contributed by atoms with E-state index in [0.29, 0.717) is 12.1 Å². The molecule has 1 amide bonds. The van der Waals surface area contributed by atoms with E-state index in [9.17, 15) is 4.79 Å². The molecule has 1 aliphatic rings. The molecule has 1 aromatic rings. The van der Waals surface area contributed by atoms with Gasteiger partial charge in [-0.3, -0.25) is 9.89 Å². The van der Waals surface area contributed by atoms with Crippen LogP contribution in [0.25, 0.3) is 0 Å². The number of aromatic amines is 1. The molecule has 0 radical (unpaired) electrons. The molecular weight excluding hydrogens is 204 g/mol. The van der Waals surface area contributed by atoms with Crippen molar-refractivity contribution >= 4 is 5.91 Å². The first-order chi connectivity index (χ1) is 7.70. The average molecular weight is 222 g/mol. The van der Waals surface area contributed by atoms with Gasteiger partial charge in [-0.05, 0) is 24.8 Å². The fourth-order valence-corrected chi connectivity index (χ4v) is 2.04. The molecule has 1 saturated heterocycles. The number of H-pyrrole nitrogens is 1. The van der Waals surface area contributed by atoms with Crippen LogP contribution in [0.2, 0.25) is 0 Å². The van der Waals surface area contributed by atoms with Gasteiger partial charge in [0.2, 0.25) is 0 Å². The van der Waals surface area contributed by atoms with Gasteiger partial charge < -0.3 is 10.6 Å². The summed E-state index contributed by atoms with van der Waals surface area (Å²) >= 11 is 0. The number of nitrogens with zero attached hydrogens (tertiary/aromatic N) is 1. The monoisotopic (exact) mass is 222 g/mol. The lowest BCUT2D eigenvalue weighted by molar-refractivity contribution is 0.0925. The molecule has 1 aromatic heterocycles. The zero-order chi connectivity index (χ0) is 11.4. The quantitative estimate of drug-likeness (QED) is 0.698. The molecule has 2 rings (SSSR count). The molecule has 3 N–H and O–H groups in total. The predicted molar refractivity (Wildman–Crippen MR) is 61.1 cm³/mol. The molecule has 0 aromatic carbocycles. The van der Waals surface area contributed by atoms with Gasteiger partial charge in [-0.2, -0.15) is 5.10 Å². The summed E-state index contributed by atoms with van der Waals surface area (Å²) in [5, 5.41) is 12.7. The van der Waals surface area contributed by atoms with Gasteiger partial charge in [0, 0.05) is 19.3 Å². The Labute approximate surface area is 95.0 Å². The maximum absolute atomic E-state index is 11.7. The van der Waals surface area contributed by atoms with Crippen molar-refractivity contribution in [3.63, 3.8) is 0 Å². The first-order valence-corrected chi connectivity index (χ1v) is 5.67. The summed E-state index contributed by atoms with van der Waals surface area (Å²) in [6.07, 6.45) is 5.48. The van der Waals surface area contributed by atoms with Crippen molar-refractivity contribution in [2.24, 2.45) is 5.41 Å². The molecule has 0 bridgehead atoms. The van der Waals surface area contributed by atoms with Crippen LogP contribution in [0.4, 0.5) is 0 Å². The standard InChI is InChI=1S/C11H18N4O/c1-11(3-2-4-12-7-11)8-13-10(16)9-5-14-15-6-9/h5-6,12H,2-4,7-8H2,1H3,(H,13,16)(H,14,15). The number of hydrogen-bond acceptors (Lipinski definition) is 3. The van der Waals surface area contributed by atoms with Gasteiger partial charge >= 0.3 is 0 Å². The Bertz CT molecular complexity index is 341. The molecule has 0 saturated carbocycles. The molecule has 88 valence electrons. The summed E-state index contributed by atoms with van der Waals surface area (Å²) in [7, 11) is 0. The highest BCUT2D eigenvalue weighted by Crippen LogP contribution is 2.24. The summed E-state index contributed by atoms with van der Waals surface area (Å²) < 4.78 is 0. The van der Waals surface area contributed by atoms with E-state index in [1.165, 1.54) is 12.6 Å². The number of nitrogens with one attached hydrogen (secondary N) is 3. The molecule has 1 atom stereocenters. The maximum Gasteiger partial charge on any atom is 0.254 e. The minimum atomic E-state index is -0.0550. The van der Waals surface area contributed by atoms with Crippen LogP contribution in [-0.4, -0.2) is 35.7 Å². The lowest BCUT2D eigenvalue weighted by atomic mass is 9.83. The third-order valence-corrected chi connectivity index (χ3v) is 3.12. The lowest BCUT2D eigenvalue weighted by Crippen LogP contribution is -2.45. The third-order valence-electron chi connectivity index (χ3n) is 3.12. The fourth-order valence-electron chi connectivity index (χ4n) is 2.04. The number of hydrogen-bond donors (Lipinski definition) is 3. The van der Waals surface area contributed by atoms with Crippen LogP contribution in [0, 0.1) is 5.41 Å². The Kier molecular flexibility index (Phi) is 3.24. The highest BCUT2D eigenvalue weighted by atomic mass is 16.1. The van der Waals surface area contributed by atoms with Crippen LogP contribution in [0.5, 0.6) is 0 Å². The summed E-state index contributed by atoms with van der Waals surface area (Å²) in [5.74, 6) is -0.0550. The summed E-state index contributed by atoms with van der Waals surface area (Å²) in [4.78, 5) is 11.7. The molecular formula is C11H18N4O. The molecule has 1 aliphatic heterocycles. The second-order valence-electron chi connectivity index (χ2n) is 4.76. The number of amides is 1. The second-order valence-corrected chi connectivity index (χ2v) is 4.76.